The Bertz CT molecular complexity index is 1160. The van der Waals surface area contributed by atoms with Crippen LogP contribution in [-0.2, 0) is 16.6 Å². The van der Waals surface area contributed by atoms with Crippen LogP contribution in [0.2, 0.25) is 0 Å². The van der Waals surface area contributed by atoms with Gasteiger partial charge in [0.15, 0.2) is 0 Å². The number of anilines is 1. The Morgan fingerprint density at radius 3 is 2.62 bits per heavy atom. The Morgan fingerprint density at radius 1 is 1.21 bits per heavy atom. The third-order valence-electron chi connectivity index (χ3n) is 3.83. The molecule has 1 heterocycles. The summed E-state index contributed by atoms with van der Waals surface area (Å²) < 4.78 is 34.0. The van der Waals surface area contributed by atoms with Crippen LogP contribution >= 0.6 is 15.9 Å². The van der Waals surface area contributed by atoms with Crippen LogP contribution in [-0.4, -0.2) is 23.3 Å². The summed E-state index contributed by atoms with van der Waals surface area (Å²) in [6, 6.07) is 12.9. The lowest BCUT2D eigenvalue weighted by Crippen LogP contribution is -2.17. The highest BCUT2D eigenvalue weighted by molar-refractivity contribution is 9.10. The number of nitrogens with one attached hydrogen (secondary N) is 1. The molecule has 0 amide bonds. The van der Waals surface area contributed by atoms with Crippen molar-refractivity contribution < 1.29 is 18.1 Å². The lowest BCUT2D eigenvalue weighted by Gasteiger charge is -2.13. The van der Waals surface area contributed by atoms with Crippen LogP contribution in [0.1, 0.15) is 11.1 Å². The molecule has 0 saturated carbocycles. The van der Waals surface area contributed by atoms with E-state index in [1.54, 1.807) is 6.92 Å². The molecule has 0 fully saturated rings. The van der Waals surface area contributed by atoms with Gasteiger partial charge < -0.3 is 4.74 Å². The van der Waals surface area contributed by atoms with E-state index >= 15 is 0 Å². The zero-order valence-electron chi connectivity index (χ0n) is 15.1. The van der Waals surface area contributed by atoms with Gasteiger partial charge in [-0.1, -0.05) is 36.4 Å². The Morgan fingerprint density at radius 2 is 1.93 bits per heavy atom. The van der Waals surface area contributed by atoms with Gasteiger partial charge in [-0.15, -0.1) is 0 Å². The van der Waals surface area contributed by atoms with Crippen LogP contribution in [0.25, 0.3) is 0 Å². The number of sulfonamides is 1. The summed E-state index contributed by atoms with van der Waals surface area (Å²) in [5, 5.41) is 11.0. The first-order chi connectivity index (χ1) is 13.8. The van der Waals surface area contributed by atoms with Gasteiger partial charge in [-0.2, -0.15) is 0 Å². The maximum Gasteiger partial charge on any atom is 0.270 e. The van der Waals surface area contributed by atoms with Crippen molar-refractivity contribution in [2.24, 2.45) is 0 Å². The number of hydrogen-bond donors (Lipinski definition) is 1. The SMILES string of the molecule is Cc1ccc([N+](=O)[O-])cc1S(=O)(=O)Nc1ncc(Br)nc1OCc1ccccc1. The third-order valence-corrected chi connectivity index (χ3v) is 5.70. The number of nitro benzene ring substituents is 1. The molecule has 0 bridgehead atoms. The van der Waals surface area contributed by atoms with E-state index in [2.05, 4.69) is 30.6 Å². The molecule has 11 heteroatoms. The fourth-order valence-electron chi connectivity index (χ4n) is 2.42. The molecular weight excluding hydrogens is 464 g/mol. The van der Waals surface area contributed by atoms with E-state index in [4.69, 9.17) is 4.74 Å². The first kappa shape index (κ1) is 20.7. The summed E-state index contributed by atoms with van der Waals surface area (Å²) in [6.45, 7) is 1.69. The fraction of sp³-hybridized carbons (Fsp3) is 0.111. The number of aromatic nitrogens is 2. The minimum atomic E-state index is -4.17. The molecule has 1 aromatic heterocycles. The Kier molecular flexibility index (Phi) is 6.09. The van der Waals surface area contributed by atoms with Crippen molar-refractivity contribution >= 4 is 37.5 Å². The van der Waals surface area contributed by atoms with Gasteiger partial charge in [-0.3, -0.25) is 14.8 Å². The zero-order valence-corrected chi connectivity index (χ0v) is 17.5. The topological polar surface area (TPSA) is 124 Å². The first-order valence-corrected chi connectivity index (χ1v) is 10.5. The smallest absolute Gasteiger partial charge is 0.270 e. The van der Waals surface area contributed by atoms with Crippen molar-refractivity contribution in [3.63, 3.8) is 0 Å². The van der Waals surface area contributed by atoms with Gasteiger partial charge in [0.05, 0.1) is 16.0 Å². The largest absolute Gasteiger partial charge is 0.470 e. The third kappa shape index (κ3) is 5.06. The van der Waals surface area contributed by atoms with E-state index < -0.39 is 14.9 Å². The number of hydrogen-bond acceptors (Lipinski definition) is 7. The fourth-order valence-corrected chi connectivity index (χ4v) is 3.96. The Hall–Kier alpha value is -3.05. The predicted octanol–water partition coefficient (Wildman–Crippen LogP) is 3.84. The van der Waals surface area contributed by atoms with Gasteiger partial charge in [0.1, 0.15) is 11.2 Å². The molecular formula is C18H15BrN4O5S. The van der Waals surface area contributed by atoms with Crippen molar-refractivity contribution in [2.75, 3.05) is 4.72 Å². The summed E-state index contributed by atoms with van der Waals surface area (Å²) >= 11 is 3.18. The van der Waals surface area contributed by atoms with E-state index in [0.29, 0.717) is 10.2 Å². The second-order valence-electron chi connectivity index (χ2n) is 5.93. The average Bonchev–Trinajstić information content (AvgIpc) is 2.68. The van der Waals surface area contributed by atoms with E-state index in [0.717, 1.165) is 11.6 Å². The standard InChI is InChI=1S/C18H15BrN4O5S/c1-12-7-8-14(23(24)25)9-15(12)29(26,27)22-17-18(21-16(19)10-20-17)28-11-13-5-3-2-4-6-13/h2-10H,11H2,1H3,(H,20,22). The van der Waals surface area contributed by atoms with Crippen molar-refractivity contribution in [3.8, 4) is 5.88 Å². The number of ether oxygens (including phenoxy) is 1. The van der Waals surface area contributed by atoms with Gasteiger partial charge in [-0.25, -0.2) is 18.4 Å². The van der Waals surface area contributed by atoms with Crippen LogP contribution < -0.4 is 9.46 Å². The number of non-ortho nitro benzene ring substituents is 1. The summed E-state index contributed by atoms with van der Waals surface area (Å²) in [4.78, 5) is 18.3. The average molecular weight is 479 g/mol. The van der Waals surface area contributed by atoms with Crippen LogP contribution in [0.15, 0.2) is 64.2 Å². The summed E-state index contributed by atoms with van der Waals surface area (Å²) in [5.41, 5.74) is 0.871. The summed E-state index contributed by atoms with van der Waals surface area (Å²) in [5.74, 6) is -0.162. The summed E-state index contributed by atoms with van der Waals surface area (Å²) in [6.07, 6.45) is 1.31. The molecule has 150 valence electrons. The molecule has 0 radical (unpaired) electrons. The van der Waals surface area contributed by atoms with Crippen LogP contribution in [0.4, 0.5) is 11.5 Å². The summed E-state index contributed by atoms with van der Waals surface area (Å²) in [7, 11) is -4.17. The van der Waals surface area contributed by atoms with Crippen molar-refractivity contribution in [1.82, 2.24) is 9.97 Å². The molecule has 0 aliphatic rings. The maximum atomic E-state index is 12.8. The van der Waals surface area contributed by atoms with Crippen molar-refractivity contribution in [3.05, 3.63) is 80.6 Å². The molecule has 0 aliphatic carbocycles. The molecule has 2 aromatic carbocycles. The highest BCUT2D eigenvalue weighted by Gasteiger charge is 2.23. The molecule has 0 saturated heterocycles. The zero-order chi connectivity index (χ0) is 21.0. The molecule has 0 aliphatic heterocycles. The second kappa shape index (κ2) is 8.53. The van der Waals surface area contributed by atoms with Crippen LogP contribution in [0.5, 0.6) is 5.88 Å². The lowest BCUT2D eigenvalue weighted by atomic mass is 10.2. The van der Waals surface area contributed by atoms with Crippen molar-refractivity contribution in [2.45, 2.75) is 18.4 Å². The molecule has 0 atom stereocenters. The minimum absolute atomic E-state index is 0.0325. The normalized spacial score (nSPS) is 11.1. The van der Waals surface area contributed by atoms with Gasteiger partial charge in [0, 0.05) is 12.1 Å². The highest BCUT2D eigenvalue weighted by Crippen LogP contribution is 2.28. The minimum Gasteiger partial charge on any atom is -0.470 e. The van der Waals surface area contributed by atoms with Gasteiger partial charge >= 0.3 is 0 Å². The molecule has 9 nitrogen and oxygen atoms in total. The quantitative estimate of drug-likeness (QED) is 0.403. The number of rotatable bonds is 7. The van der Waals surface area contributed by atoms with Crippen LogP contribution in [0, 0.1) is 17.0 Å². The Labute approximate surface area is 175 Å². The maximum absolute atomic E-state index is 12.8. The molecule has 0 spiro atoms. The van der Waals surface area contributed by atoms with Gasteiger partial charge in [-0.05, 0) is 34.0 Å². The van der Waals surface area contributed by atoms with Crippen LogP contribution in [0.3, 0.4) is 0 Å². The monoisotopic (exact) mass is 478 g/mol. The number of benzene rings is 2. The number of aryl methyl sites for hydroxylation is 1. The predicted molar refractivity (Wildman–Crippen MR) is 109 cm³/mol. The van der Waals surface area contributed by atoms with Crippen molar-refractivity contribution in [1.29, 1.82) is 0 Å². The van der Waals surface area contributed by atoms with E-state index in [9.17, 15) is 18.5 Å². The lowest BCUT2D eigenvalue weighted by molar-refractivity contribution is -0.385. The molecule has 1 N–H and O–H groups in total. The second-order valence-corrected chi connectivity index (χ2v) is 8.40. The van der Waals surface area contributed by atoms with Gasteiger partial charge in [0.2, 0.25) is 5.82 Å². The van der Waals surface area contributed by atoms with E-state index in [1.165, 1.54) is 18.3 Å². The molecule has 3 rings (SSSR count). The highest BCUT2D eigenvalue weighted by atomic mass is 79.9. The number of nitro groups is 1. The number of halogens is 1. The molecule has 29 heavy (non-hydrogen) atoms. The number of nitrogens with zero attached hydrogens (tertiary/aromatic N) is 3. The molecule has 3 aromatic rings. The van der Waals surface area contributed by atoms with Gasteiger partial charge in [0.25, 0.3) is 21.6 Å². The van der Waals surface area contributed by atoms with E-state index in [-0.39, 0.29) is 28.9 Å². The molecule has 0 unspecified atom stereocenters. The van der Waals surface area contributed by atoms with E-state index in [1.807, 2.05) is 30.3 Å². The Balaban J connectivity index is 1.91. The first-order valence-electron chi connectivity index (χ1n) is 8.23.